The molecule has 13 nitrogen and oxygen atoms in total. The van der Waals surface area contributed by atoms with Crippen molar-refractivity contribution in [1.29, 1.82) is 0 Å². The molecule has 14 heteroatoms. The van der Waals surface area contributed by atoms with Gasteiger partial charge in [0.15, 0.2) is 0 Å². The molecule has 53 heavy (non-hydrogen) atoms. The van der Waals surface area contributed by atoms with Crippen LogP contribution >= 0.6 is 0 Å². The van der Waals surface area contributed by atoms with Crippen LogP contribution in [0.1, 0.15) is 79.3 Å². The lowest BCUT2D eigenvalue weighted by Crippen LogP contribution is -2.53. The first-order chi connectivity index (χ1) is 25.1. The number of phenols is 1. The second kappa shape index (κ2) is 18.2. The number of nitrogens with one attached hydrogen (secondary N) is 3. The first-order valence-corrected chi connectivity index (χ1v) is 19.1. The van der Waals surface area contributed by atoms with Gasteiger partial charge >= 0.3 is 5.97 Å². The van der Waals surface area contributed by atoms with Crippen molar-refractivity contribution in [3.8, 4) is 11.5 Å². The molecule has 3 aromatic carbocycles. The van der Waals surface area contributed by atoms with Crippen LogP contribution in [0.4, 0.5) is 0 Å². The Morgan fingerprint density at radius 1 is 0.925 bits per heavy atom. The van der Waals surface area contributed by atoms with Gasteiger partial charge in [-0.05, 0) is 75.4 Å². The second-order valence-corrected chi connectivity index (χ2v) is 16.0. The highest BCUT2D eigenvalue weighted by Crippen LogP contribution is 2.40. The molecule has 0 spiro atoms. The number of benzene rings is 3. The number of nitrogens with zero attached hydrogens (tertiary/aromatic N) is 1. The molecule has 0 saturated carbocycles. The Bertz CT molecular complexity index is 1840. The third-order valence-corrected chi connectivity index (χ3v) is 11.2. The second-order valence-electron chi connectivity index (χ2n) is 14.1. The van der Waals surface area contributed by atoms with Gasteiger partial charge < -0.3 is 30.5 Å². The van der Waals surface area contributed by atoms with E-state index in [1.807, 2.05) is 42.5 Å². The van der Waals surface area contributed by atoms with Crippen molar-refractivity contribution >= 4 is 33.7 Å². The number of carbonyl (C=O) groups is 4. The summed E-state index contributed by atoms with van der Waals surface area (Å²) in [5, 5.41) is 18.4. The summed E-state index contributed by atoms with van der Waals surface area (Å²) in [5.74, 6) is -1.80. The van der Waals surface area contributed by atoms with Crippen molar-refractivity contribution < 1.29 is 42.2 Å². The Balaban J connectivity index is 1.42. The minimum atomic E-state index is -3.89. The normalized spacial score (nSPS) is 16.4. The van der Waals surface area contributed by atoms with E-state index >= 15 is 0 Å². The molecule has 0 bridgehead atoms. The number of esters is 1. The molecular weight excluding hydrogens is 701 g/mol. The van der Waals surface area contributed by atoms with Crippen LogP contribution in [-0.4, -0.2) is 85.9 Å². The number of carbonyl (C=O) groups excluding carboxylic acids is 4. The predicted molar refractivity (Wildman–Crippen MR) is 200 cm³/mol. The molecule has 1 heterocycles. The molecule has 1 aliphatic rings. The number of rotatable bonds is 17. The smallest absolute Gasteiger partial charge is 0.345 e. The molecule has 3 atom stereocenters. The van der Waals surface area contributed by atoms with Crippen LogP contribution in [-0.2, 0) is 42.0 Å². The molecule has 286 valence electrons. The lowest BCUT2D eigenvalue weighted by atomic mass is 10.0. The first kappa shape index (κ1) is 40.8. The summed E-state index contributed by atoms with van der Waals surface area (Å²) in [4.78, 5) is 50.5. The average Bonchev–Trinajstić information content (AvgIpc) is 3.35. The quantitative estimate of drug-likeness (QED) is 0.117. The number of aromatic hydroxyl groups is 1. The van der Waals surface area contributed by atoms with Gasteiger partial charge in [-0.3, -0.25) is 14.4 Å². The maximum absolute atomic E-state index is 13.6. The SMILES string of the molecule is COC(=O)c1c(O)cccc1OCCCCNC[C@H](Cc1ccc(C2CC(=O)N(C(C)(C)C)S2(=O)=O)cc1)NC(=O)[C@H](Cc1ccccc1)NC(C)=O. The van der Waals surface area contributed by atoms with Gasteiger partial charge in [0.25, 0.3) is 0 Å². The number of methoxy groups -OCH3 is 1. The summed E-state index contributed by atoms with van der Waals surface area (Å²) in [6.07, 6.45) is 1.91. The number of phenolic OH excluding ortho intramolecular Hbond substituents is 1. The third kappa shape index (κ3) is 11.0. The van der Waals surface area contributed by atoms with Crippen molar-refractivity contribution in [2.45, 2.75) is 82.7 Å². The number of unbranched alkanes of at least 4 members (excludes halogenated alkanes) is 1. The lowest BCUT2D eigenvalue weighted by molar-refractivity contribution is -0.128. The van der Waals surface area contributed by atoms with Gasteiger partial charge in [0, 0.05) is 25.9 Å². The molecule has 0 radical (unpaired) electrons. The van der Waals surface area contributed by atoms with Gasteiger partial charge in [-0.2, -0.15) is 0 Å². The maximum atomic E-state index is 13.6. The van der Waals surface area contributed by atoms with E-state index in [1.54, 1.807) is 45.0 Å². The van der Waals surface area contributed by atoms with E-state index in [2.05, 4.69) is 16.0 Å². The summed E-state index contributed by atoms with van der Waals surface area (Å²) in [6, 6.07) is 19.8. The Morgan fingerprint density at radius 2 is 1.60 bits per heavy atom. The van der Waals surface area contributed by atoms with Gasteiger partial charge in [-0.15, -0.1) is 0 Å². The molecule has 1 fully saturated rings. The van der Waals surface area contributed by atoms with Crippen molar-refractivity contribution in [3.05, 3.63) is 95.1 Å². The van der Waals surface area contributed by atoms with E-state index in [9.17, 15) is 32.7 Å². The van der Waals surface area contributed by atoms with Crippen molar-refractivity contribution in [3.63, 3.8) is 0 Å². The monoisotopic (exact) mass is 750 g/mol. The lowest BCUT2D eigenvalue weighted by Gasteiger charge is -2.30. The molecule has 4 N–H and O–H groups in total. The zero-order valence-corrected chi connectivity index (χ0v) is 31.7. The summed E-state index contributed by atoms with van der Waals surface area (Å²) < 4.78 is 38.2. The molecular formula is C39H50N4O9S. The largest absolute Gasteiger partial charge is 0.507 e. The Labute approximate surface area is 311 Å². The highest BCUT2D eigenvalue weighted by Gasteiger charge is 2.49. The fourth-order valence-corrected chi connectivity index (χ4v) is 8.58. The Kier molecular flexibility index (Phi) is 14.0. The van der Waals surface area contributed by atoms with Gasteiger partial charge in [0.1, 0.15) is 28.4 Å². The van der Waals surface area contributed by atoms with Gasteiger partial charge in [0.05, 0.1) is 25.7 Å². The molecule has 3 amide bonds. The molecule has 1 unspecified atom stereocenters. The number of ether oxygens (including phenoxy) is 2. The number of hydrogen-bond donors (Lipinski definition) is 4. The maximum Gasteiger partial charge on any atom is 0.345 e. The zero-order chi connectivity index (χ0) is 38.8. The highest BCUT2D eigenvalue weighted by molar-refractivity contribution is 7.90. The minimum absolute atomic E-state index is 0.0326. The van der Waals surface area contributed by atoms with E-state index in [1.165, 1.54) is 20.1 Å². The highest BCUT2D eigenvalue weighted by atomic mass is 32.2. The zero-order valence-electron chi connectivity index (χ0n) is 30.9. The molecule has 4 rings (SSSR count). The van der Waals surface area contributed by atoms with E-state index in [0.29, 0.717) is 44.3 Å². The van der Waals surface area contributed by atoms with E-state index < -0.39 is 44.8 Å². The first-order valence-electron chi connectivity index (χ1n) is 17.6. The average molecular weight is 751 g/mol. The van der Waals surface area contributed by atoms with Crippen LogP contribution in [0.2, 0.25) is 0 Å². The number of sulfonamides is 1. The molecule has 1 saturated heterocycles. The van der Waals surface area contributed by atoms with Crippen molar-refractivity contribution in [2.24, 2.45) is 0 Å². The number of hydrogen-bond acceptors (Lipinski definition) is 10. The Hall–Kier alpha value is -4.95. The summed E-state index contributed by atoms with van der Waals surface area (Å²) in [7, 11) is -2.66. The van der Waals surface area contributed by atoms with Crippen molar-refractivity contribution in [2.75, 3.05) is 26.8 Å². The van der Waals surface area contributed by atoms with Gasteiger partial charge in [0.2, 0.25) is 27.7 Å². The van der Waals surface area contributed by atoms with Crippen LogP contribution in [0.15, 0.2) is 72.8 Å². The van der Waals surface area contributed by atoms with Crippen LogP contribution in [0.5, 0.6) is 11.5 Å². The minimum Gasteiger partial charge on any atom is -0.507 e. The van der Waals surface area contributed by atoms with Crippen LogP contribution in [0.3, 0.4) is 0 Å². The van der Waals surface area contributed by atoms with Gasteiger partial charge in [-0.1, -0.05) is 60.7 Å². The number of amides is 3. The van der Waals surface area contributed by atoms with Gasteiger partial charge in [-0.25, -0.2) is 17.5 Å². The summed E-state index contributed by atoms with van der Waals surface area (Å²) in [6.45, 7) is 7.70. The van der Waals surface area contributed by atoms with Crippen molar-refractivity contribution in [1.82, 2.24) is 20.3 Å². The van der Waals surface area contributed by atoms with Crippen LogP contribution in [0, 0.1) is 0 Å². The van der Waals surface area contributed by atoms with Crippen LogP contribution < -0.4 is 20.7 Å². The fraction of sp³-hybridized carbons (Fsp3) is 0.436. The Morgan fingerprint density at radius 3 is 2.23 bits per heavy atom. The molecule has 1 aliphatic heterocycles. The summed E-state index contributed by atoms with van der Waals surface area (Å²) >= 11 is 0. The van der Waals surface area contributed by atoms with E-state index in [0.717, 1.165) is 15.4 Å². The third-order valence-electron chi connectivity index (χ3n) is 8.76. The molecule has 3 aromatic rings. The predicted octanol–water partition coefficient (Wildman–Crippen LogP) is 3.80. The fourth-order valence-electron chi connectivity index (χ4n) is 6.35. The topological polar surface area (TPSA) is 180 Å². The molecule has 0 aromatic heterocycles. The van der Waals surface area contributed by atoms with E-state index in [-0.39, 0.29) is 41.9 Å². The van der Waals surface area contributed by atoms with Crippen LogP contribution in [0.25, 0.3) is 0 Å². The van der Waals surface area contributed by atoms with E-state index in [4.69, 9.17) is 9.47 Å². The summed E-state index contributed by atoms with van der Waals surface area (Å²) in [5.41, 5.74) is 1.35. The standard InChI is InChI=1S/C39H50N4O9S/c1-26(44)41-31(23-27-12-7-6-8-13-27)37(47)42-30(25-40-20-9-10-21-52-33-15-11-14-32(45)36(33)38(48)51-5)22-28-16-18-29(19-17-28)34-24-35(46)43(39(2,3)4)53(34,49)50/h6-8,11-19,30-31,34,40,45H,9-10,20-25H2,1-5H3,(H,41,44)(H,42,47)/t30-,31-,34?/m0/s1. The molecule has 0 aliphatic carbocycles.